The molecule has 0 atom stereocenters. The quantitative estimate of drug-likeness (QED) is 0.155. The van der Waals surface area contributed by atoms with Crippen LogP contribution in [-0.2, 0) is 0 Å². The van der Waals surface area contributed by atoms with Crippen molar-refractivity contribution in [3.63, 3.8) is 0 Å². The molecule has 0 radical (unpaired) electrons. The molecule has 2 aromatic heterocycles. The van der Waals surface area contributed by atoms with Crippen molar-refractivity contribution in [2.45, 2.75) is 9.79 Å². The maximum atomic E-state index is 4.67. The summed E-state index contributed by atoms with van der Waals surface area (Å²) < 4.78 is 2.68. The summed E-state index contributed by atoms with van der Waals surface area (Å²) in [7, 11) is 0. The van der Waals surface area contributed by atoms with Crippen LogP contribution in [0.5, 0.6) is 0 Å². The van der Waals surface area contributed by atoms with Crippen LogP contribution in [0.25, 0.3) is 74.4 Å². The van der Waals surface area contributed by atoms with Crippen LogP contribution in [0.3, 0.4) is 0 Å². The first-order chi connectivity index (χ1) is 20.8. The van der Waals surface area contributed by atoms with Crippen molar-refractivity contribution in [3.05, 3.63) is 140 Å². The largest absolute Gasteiger partial charge is 0.264 e. The number of benzene rings is 7. The van der Waals surface area contributed by atoms with Crippen LogP contribution < -0.4 is 0 Å². The number of thiophene rings is 1. The minimum Gasteiger partial charge on any atom is -0.264 e. The summed E-state index contributed by atoms with van der Waals surface area (Å²) in [5, 5.41) is 12.7. The number of nitrogens with zero attached hydrogens (tertiary/aromatic N) is 1. The number of hydrogen-bond acceptors (Lipinski definition) is 3. The van der Waals surface area contributed by atoms with E-state index in [1.807, 2.05) is 29.3 Å². The molecule has 9 rings (SSSR count). The third-order valence-electron chi connectivity index (χ3n) is 8.39. The summed E-state index contributed by atoms with van der Waals surface area (Å²) in [5.41, 5.74) is 2.50. The molecule has 7 aromatic carbocycles. The Hall–Kier alpha value is -4.70. The van der Waals surface area contributed by atoms with Gasteiger partial charge in [0.25, 0.3) is 0 Å². The molecule has 9 aromatic rings. The molecule has 0 spiro atoms. The molecule has 3 heteroatoms. The van der Waals surface area contributed by atoms with Gasteiger partial charge in [0, 0.05) is 47.7 Å². The highest BCUT2D eigenvalue weighted by Crippen LogP contribution is 2.49. The van der Waals surface area contributed by atoms with Gasteiger partial charge >= 0.3 is 0 Å². The number of pyridine rings is 1. The minimum absolute atomic E-state index is 1.18. The van der Waals surface area contributed by atoms with Crippen molar-refractivity contribution in [1.82, 2.24) is 4.98 Å². The Morgan fingerprint density at radius 2 is 1.17 bits per heavy atom. The van der Waals surface area contributed by atoms with Gasteiger partial charge < -0.3 is 0 Å². The van der Waals surface area contributed by atoms with Crippen LogP contribution in [0.1, 0.15) is 0 Å². The Morgan fingerprint density at radius 1 is 0.500 bits per heavy atom. The second-order valence-electron chi connectivity index (χ2n) is 10.7. The second kappa shape index (κ2) is 9.42. The topological polar surface area (TPSA) is 12.9 Å². The van der Waals surface area contributed by atoms with E-state index in [4.69, 9.17) is 0 Å². The zero-order valence-electron chi connectivity index (χ0n) is 22.5. The van der Waals surface area contributed by atoms with Gasteiger partial charge in [0.15, 0.2) is 0 Å². The molecule has 0 N–H and O–H groups in total. The van der Waals surface area contributed by atoms with Gasteiger partial charge in [-0.15, -0.1) is 11.3 Å². The highest BCUT2D eigenvalue weighted by Gasteiger charge is 2.20. The fourth-order valence-corrected chi connectivity index (χ4v) is 9.06. The number of hydrogen-bond donors (Lipinski definition) is 0. The number of fused-ring (bicyclic) bond motifs is 8. The minimum atomic E-state index is 1.18. The fourth-order valence-electron chi connectivity index (χ4n) is 6.55. The molecule has 0 aliphatic carbocycles. The van der Waals surface area contributed by atoms with Crippen LogP contribution in [0.4, 0.5) is 0 Å². The van der Waals surface area contributed by atoms with Crippen molar-refractivity contribution in [2.75, 3.05) is 0 Å². The first-order valence-electron chi connectivity index (χ1n) is 14.1. The average molecular weight is 570 g/mol. The maximum absolute atomic E-state index is 4.67. The van der Waals surface area contributed by atoms with Gasteiger partial charge in [0.1, 0.15) is 0 Å². The lowest BCUT2D eigenvalue weighted by atomic mass is 9.88. The zero-order valence-corrected chi connectivity index (χ0v) is 24.2. The van der Waals surface area contributed by atoms with E-state index in [9.17, 15) is 0 Å². The Labute approximate surface area is 251 Å². The first kappa shape index (κ1) is 24.0. The normalized spacial score (nSPS) is 11.9. The Kier molecular flexibility index (Phi) is 5.37. The predicted molar refractivity (Wildman–Crippen MR) is 183 cm³/mol. The van der Waals surface area contributed by atoms with Crippen LogP contribution in [0, 0.1) is 0 Å². The van der Waals surface area contributed by atoms with Gasteiger partial charge in [-0.25, -0.2) is 0 Å². The van der Waals surface area contributed by atoms with E-state index in [1.54, 1.807) is 0 Å². The van der Waals surface area contributed by atoms with Crippen molar-refractivity contribution in [1.29, 1.82) is 0 Å². The molecule has 0 bridgehead atoms. The lowest BCUT2D eigenvalue weighted by Crippen LogP contribution is -1.92. The average Bonchev–Trinajstić information content (AvgIpc) is 3.44. The molecule has 0 fully saturated rings. The molecule has 0 saturated heterocycles. The zero-order chi connectivity index (χ0) is 27.6. The molecule has 0 aliphatic rings. The summed E-state index contributed by atoms with van der Waals surface area (Å²) in [6, 6.07) is 46.5. The Morgan fingerprint density at radius 3 is 2.05 bits per heavy atom. The monoisotopic (exact) mass is 569 g/mol. The lowest BCUT2D eigenvalue weighted by Gasteiger charge is -2.19. The molecule has 1 nitrogen and oxygen atoms in total. The van der Waals surface area contributed by atoms with Gasteiger partial charge in [-0.1, -0.05) is 115 Å². The molecule has 0 unspecified atom stereocenters. The lowest BCUT2D eigenvalue weighted by molar-refractivity contribution is 1.36. The van der Waals surface area contributed by atoms with Crippen molar-refractivity contribution >= 4 is 86.4 Å². The second-order valence-corrected chi connectivity index (χ2v) is 12.8. The summed E-state index contributed by atoms with van der Waals surface area (Å²) >= 11 is 3.77. The van der Waals surface area contributed by atoms with Gasteiger partial charge in [0.05, 0.1) is 0 Å². The van der Waals surface area contributed by atoms with Crippen LogP contribution >= 0.6 is 23.1 Å². The van der Waals surface area contributed by atoms with E-state index in [0.29, 0.717) is 0 Å². The molecule has 0 saturated carbocycles. The van der Waals surface area contributed by atoms with Crippen molar-refractivity contribution < 1.29 is 0 Å². The van der Waals surface area contributed by atoms with Crippen LogP contribution in [0.2, 0.25) is 0 Å². The van der Waals surface area contributed by atoms with Crippen LogP contribution in [-0.4, -0.2) is 4.98 Å². The standard InChI is InChI=1S/C39H23NS2/c1-2-11-25-24(10-1)22-33(27-13-4-3-12-26(25)27)37-29-15-5-6-16-31(29)38(32-20-21-40-23-34(32)37)42-36-19-9-17-30-28-14-7-8-18-35(28)41-39(30)36/h1-23H. The highest BCUT2D eigenvalue weighted by atomic mass is 32.2. The van der Waals surface area contributed by atoms with Gasteiger partial charge in [0.2, 0.25) is 0 Å². The molecule has 2 heterocycles. The summed E-state index contributed by atoms with van der Waals surface area (Å²) in [6.07, 6.45) is 3.99. The smallest absolute Gasteiger partial charge is 0.0494 e. The Bertz CT molecular complexity index is 2450. The third kappa shape index (κ3) is 3.54. The van der Waals surface area contributed by atoms with E-state index in [2.05, 4.69) is 139 Å². The highest BCUT2D eigenvalue weighted by molar-refractivity contribution is 8.00. The summed E-state index contributed by atoms with van der Waals surface area (Å²) in [4.78, 5) is 7.24. The van der Waals surface area contributed by atoms with E-state index in [-0.39, 0.29) is 0 Å². The molecular weight excluding hydrogens is 547 g/mol. The third-order valence-corrected chi connectivity index (χ3v) is 10.9. The summed E-state index contributed by atoms with van der Waals surface area (Å²) in [5.74, 6) is 0. The van der Waals surface area contributed by atoms with E-state index < -0.39 is 0 Å². The van der Waals surface area contributed by atoms with Crippen LogP contribution in [0.15, 0.2) is 150 Å². The van der Waals surface area contributed by atoms with Crippen molar-refractivity contribution in [3.8, 4) is 11.1 Å². The molecule has 0 amide bonds. The first-order valence-corrected chi connectivity index (χ1v) is 15.8. The molecule has 196 valence electrons. The van der Waals surface area contributed by atoms with E-state index >= 15 is 0 Å². The van der Waals surface area contributed by atoms with Gasteiger partial charge in [-0.05, 0) is 73.1 Å². The Balaban J connectivity index is 1.37. The fraction of sp³-hybridized carbons (Fsp3) is 0. The number of aromatic nitrogens is 1. The maximum Gasteiger partial charge on any atom is 0.0494 e. The predicted octanol–water partition coefficient (Wildman–Crippen LogP) is 11.9. The molecule has 0 aliphatic heterocycles. The number of rotatable bonds is 3. The van der Waals surface area contributed by atoms with E-state index in [1.165, 1.54) is 84.2 Å². The van der Waals surface area contributed by atoms with Gasteiger partial charge in [-0.2, -0.15) is 0 Å². The molecule has 42 heavy (non-hydrogen) atoms. The molecular formula is C39H23NS2. The SMILES string of the molecule is c1ccc2c(c1)cc(-c1c3ccccc3c(Sc3cccc4c3sc3ccccc34)c3ccncc13)c1ccccc12. The summed E-state index contributed by atoms with van der Waals surface area (Å²) in [6.45, 7) is 0. The van der Waals surface area contributed by atoms with Gasteiger partial charge in [-0.3, -0.25) is 4.98 Å². The van der Waals surface area contributed by atoms with Crippen molar-refractivity contribution in [2.24, 2.45) is 0 Å². The van der Waals surface area contributed by atoms with E-state index in [0.717, 1.165) is 0 Å².